The van der Waals surface area contributed by atoms with E-state index in [0.717, 1.165) is 69.0 Å². The first-order valence-electron chi connectivity index (χ1n) is 8.92. The maximum atomic E-state index is 12.8. The van der Waals surface area contributed by atoms with E-state index in [1.54, 1.807) is 11.3 Å². The lowest BCUT2D eigenvalue weighted by atomic mass is 9.95. The van der Waals surface area contributed by atoms with E-state index in [9.17, 15) is 4.79 Å². The third-order valence-corrected chi connectivity index (χ3v) is 5.99. The zero-order valence-corrected chi connectivity index (χ0v) is 15.2. The van der Waals surface area contributed by atoms with Crippen LogP contribution in [0.4, 0.5) is 0 Å². The van der Waals surface area contributed by atoms with Gasteiger partial charge >= 0.3 is 0 Å². The van der Waals surface area contributed by atoms with Crippen LogP contribution in [0.2, 0.25) is 0 Å². The van der Waals surface area contributed by atoms with Crippen molar-refractivity contribution >= 4 is 17.2 Å². The van der Waals surface area contributed by atoms with Crippen LogP contribution in [0.5, 0.6) is 0 Å². The second-order valence-corrected chi connectivity index (χ2v) is 7.59. The van der Waals surface area contributed by atoms with Crippen molar-refractivity contribution in [3.05, 3.63) is 27.6 Å². The Balaban J connectivity index is 1.46. The number of thiophene rings is 1. The Hall–Kier alpha value is -1.70. The number of nitrogens with zero attached hydrogens (tertiary/aromatic N) is 2. The first kappa shape index (κ1) is 16.8. The van der Waals surface area contributed by atoms with E-state index >= 15 is 0 Å². The van der Waals surface area contributed by atoms with Crippen LogP contribution in [0, 0.1) is 0 Å². The SMILES string of the molecule is CC[C@@H](CN1CCOCC1)NC(=O)c1noc2c1CCc1sccc1-2. The Morgan fingerprint density at radius 2 is 2.24 bits per heavy atom. The maximum Gasteiger partial charge on any atom is 0.274 e. The second-order valence-electron chi connectivity index (χ2n) is 6.59. The van der Waals surface area contributed by atoms with Crippen molar-refractivity contribution in [1.82, 2.24) is 15.4 Å². The van der Waals surface area contributed by atoms with Crippen LogP contribution in [0.3, 0.4) is 0 Å². The minimum absolute atomic E-state index is 0.109. The molecule has 0 aromatic carbocycles. The summed E-state index contributed by atoms with van der Waals surface area (Å²) in [4.78, 5) is 16.4. The van der Waals surface area contributed by atoms with Crippen LogP contribution in [-0.2, 0) is 17.6 Å². The Labute approximate surface area is 151 Å². The van der Waals surface area contributed by atoms with E-state index in [4.69, 9.17) is 9.26 Å². The molecule has 3 heterocycles. The van der Waals surface area contributed by atoms with Gasteiger partial charge in [0.1, 0.15) is 0 Å². The first-order valence-corrected chi connectivity index (χ1v) is 9.80. The van der Waals surface area contributed by atoms with Gasteiger partial charge in [-0.2, -0.15) is 0 Å². The average molecular weight is 361 g/mol. The highest BCUT2D eigenvalue weighted by molar-refractivity contribution is 7.10. The molecule has 1 saturated heterocycles. The number of hydrogen-bond acceptors (Lipinski definition) is 6. The zero-order chi connectivity index (χ0) is 17.2. The van der Waals surface area contributed by atoms with Crippen LogP contribution < -0.4 is 5.32 Å². The van der Waals surface area contributed by atoms with Gasteiger partial charge in [-0.25, -0.2) is 0 Å². The Kier molecular flexibility index (Phi) is 4.87. The molecule has 1 atom stereocenters. The first-order chi connectivity index (χ1) is 12.3. The van der Waals surface area contributed by atoms with Crippen LogP contribution in [-0.4, -0.2) is 54.9 Å². The summed E-state index contributed by atoms with van der Waals surface area (Å²) in [5, 5.41) is 9.30. The predicted octanol–water partition coefficient (Wildman–Crippen LogP) is 2.34. The van der Waals surface area contributed by atoms with Crippen LogP contribution in [0.15, 0.2) is 16.0 Å². The molecule has 6 nitrogen and oxygen atoms in total. The molecule has 1 fully saturated rings. The lowest BCUT2D eigenvalue weighted by molar-refractivity contribution is 0.0331. The molecule has 2 aromatic heterocycles. The van der Waals surface area contributed by atoms with E-state index in [2.05, 4.69) is 33.7 Å². The van der Waals surface area contributed by atoms with E-state index < -0.39 is 0 Å². The number of aryl methyl sites for hydroxylation is 1. The molecular weight excluding hydrogens is 338 g/mol. The summed E-state index contributed by atoms with van der Waals surface area (Å²) in [6.45, 7) is 6.33. The van der Waals surface area contributed by atoms with E-state index in [1.807, 2.05) is 0 Å². The second kappa shape index (κ2) is 7.27. The third-order valence-electron chi connectivity index (χ3n) is 5.01. The molecular formula is C18H23N3O3S. The summed E-state index contributed by atoms with van der Waals surface area (Å²) in [6, 6.07) is 2.16. The van der Waals surface area contributed by atoms with Crippen molar-refractivity contribution in [2.24, 2.45) is 0 Å². The lowest BCUT2D eigenvalue weighted by Gasteiger charge is -2.30. The number of nitrogens with one attached hydrogen (secondary N) is 1. The van der Waals surface area contributed by atoms with Crippen molar-refractivity contribution in [1.29, 1.82) is 0 Å². The van der Waals surface area contributed by atoms with Gasteiger partial charge < -0.3 is 14.6 Å². The number of hydrogen-bond donors (Lipinski definition) is 1. The molecule has 0 spiro atoms. The number of ether oxygens (including phenoxy) is 1. The summed E-state index contributed by atoms with van der Waals surface area (Å²) in [5.74, 6) is 0.651. The molecule has 1 N–H and O–H groups in total. The number of amides is 1. The van der Waals surface area contributed by atoms with Gasteiger partial charge in [0.05, 0.1) is 13.2 Å². The van der Waals surface area contributed by atoms with Crippen molar-refractivity contribution in [3.63, 3.8) is 0 Å². The summed E-state index contributed by atoms with van der Waals surface area (Å²) < 4.78 is 10.9. The number of rotatable bonds is 5. The lowest BCUT2D eigenvalue weighted by Crippen LogP contribution is -2.47. The summed E-state index contributed by atoms with van der Waals surface area (Å²) >= 11 is 1.74. The molecule has 0 saturated carbocycles. The predicted molar refractivity (Wildman–Crippen MR) is 96.0 cm³/mol. The van der Waals surface area contributed by atoms with E-state index in [0.29, 0.717) is 5.69 Å². The molecule has 25 heavy (non-hydrogen) atoms. The van der Waals surface area contributed by atoms with Crippen molar-refractivity contribution in [3.8, 4) is 11.3 Å². The highest BCUT2D eigenvalue weighted by Crippen LogP contribution is 2.38. The standard InChI is InChI=1S/C18H23N3O3S/c1-2-12(11-21-6-8-23-9-7-21)19-18(22)16-14-3-4-15-13(5-10-25-15)17(14)24-20-16/h5,10,12H,2-4,6-9,11H2,1H3,(H,19,22)/t12-/m0/s1. The topological polar surface area (TPSA) is 67.6 Å². The highest BCUT2D eigenvalue weighted by atomic mass is 32.1. The Morgan fingerprint density at radius 1 is 1.40 bits per heavy atom. The average Bonchev–Trinajstić information content (AvgIpc) is 3.27. The molecule has 2 aliphatic rings. The van der Waals surface area contributed by atoms with E-state index in [1.165, 1.54) is 4.88 Å². The van der Waals surface area contributed by atoms with Crippen LogP contribution in [0.25, 0.3) is 11.3 Å². The van der Waals surface area contributed by atoms with Crippen molar-refractivity contribution in [2.75, 3.05) is 32.8 Å². The highest BCUT2D eigenvalue weighted by Gasteiger charge is 2.29. The fourth-order valence-corrected chi connectivity index (χ4v) is 4.41. The summed E-state index contributed by atoms with van der Waals surface area (Å²) in [5.41, 5.74) is 2.50. The molecule has 4 rings (SSSR count). The van der Waals surface area contributed by atoms with Crippen molar-refractivity contribution in [2.45, 2.75) is 32.2 Å². The number of carbonyl (C=O) groups excluding carboxylic acids is 1. The number of carbonyl (C=O) groups is 1. The molecule has 2 aromatic rings. The molecule has 0 radical (unpaired) electrons. The van der Waals surface area contributed by atoms with Crippen LogP contribution in [0.1, 0.15) is 34.3 Å². The Morgan fingerprint density at radius 3 is 3.04 bits per heavy atom. The fraction of sp³-hybridized carbons (Fsp3) is 0.556. The molecule has 0 unspecified atom stereocenters. The minimum atomic E-state index is -0.121. The fourth-order valence-electron chi connectivity index (χ4n) is 3.53. The van der Waals surface area contributed by atoms with Gasteiger partial charge in [-0.1, -0.05) is 12.1 Å². The van der Waals surface area contributed by atoms with Gasteiger partial charge in [-0.05, 0) is 30.7 Å². The normalized spacial score (nSPS) is 18.4. The molecule has 134 valence electrons. The van der Waals surface area contributed by atoms with Gasteiger partial charge in [-0.15, -0.1) is 11.3 Å². The smallest absolute Gasteiger partial charge is 0.274 e. The summed E-state index contributed by atoms with van der Waals surface area (Å²) in [7, 11) is 0. The van der Waals surface area contributed by atoms with Gasteiger partial charge in [0, 0.05) is 41.7 Å². The number of morpholine rings is 1. The largest absolute Gasteiger partial charge is 0.379 e. The molecule has 1 aliphatic heterocycles. The molecule has 0 bridgehead atoms. The number of aromatic nitrogens is 1. The molecule has 1 aliphatic carbocycles. The van der Waals surface area contributed by atoms with Crippen LogP contribution >= 0.6 is 11.3 Å². The van der Waals surface area contributed by atoms with Gasteiger partial charge in [0.25, 0.3) is 5.91 Å². The third kappa shape index (κ3) is 3.36. The Bertz CT molecular complexity index is 749. The summed E-state index contributed by atoms with van der Waals surface area (Å²) in [6.07, 6.45) is 2.65. The monoisotopic (exact) mass is 361 g/mol. The van der Waals surface area contributed by atoms with Gasteiger partial charge in [0.15, 0.2) is 11.5 Å². The van der Waals surface area contributed by atoms with Gasteiger partial charge in [-0.3, -0.25) is 9.69 Å². The van der Waals surface area contributed by atoms with Crippen molar-refractivity contribution < 1.29 is 14.1 Å². The zero-order valence-electron chi connectivity index (χ0n) is 14.4. The van der Waals surface area contributed by atoms with E-state index in [-0.39, 0.29) is 11.9 Å². The minimum Gasteiger partial charge on any atom is -0.379 e. The molecule has 1 amide bonds. The quantitative estimate of drug-likeness (QED) is 0.885. The number of fused-ring (bicyclic) bond motifs is 3. The molecule has 7 heteroatoms. The van der Waals surface area contributed by atoms with Gasteiger partial charge in [0.2, 0.25) is 0 Å². The maximum absolute atomic E-state index is 12.8.